The quantitative estimate of drug-likeness (QED) is 0.242. The number of pyridine rings is 1. The molecule has 0 spiro atoms. The lowest BCUT2D eigenvalue weighted by molar-refractivity contribution is -0.433. The second-order valence-electron chi connectivity index (χ2n) is 13.7. The first-order valence-corrected chi connectivity index (χ1v) is 16.6. The smallest absolute Gasteiger partial charge is 0.209 e. The number of hydrogen-bond acceptors (Lipinski definition) is 3. The molecular weight excluding hydrogens is 550 g/mol. The Bertz CT molecular complexity index is 1780. The summed E-state index contributed by atoms with van der Waals surface area (Å²) in [5.41, 5.74) is 14.3. The second-order valence-corrected chi connectivity index (χ2v) is 13.7. The van der Waals surface area contributed by atoms with Crippen LogP contribution in [0.15, 0.2) is 108 Å². The van der Waals surface area contributed by atoms with Crippen molar-refractivity contribution in [3.05, 3.63) is 136 Å². The minimum absolute atomic E-state index is 0.0702. The lowest BCUT2D eigenvalue weighted by Crippen LogP contribution is -2.27. The van der Waals surface area contributed by atoms with Crippen molar-refractivity contribution in [2.45, 2.75) is 85.7 Å². The van der Waals surface area contributed by atoms with Crippen LogP contribution in [0.3, 0.4) is 0 Å². The minimum Gasteiger partial charge on any atom is -0.488 e. The molecule has 4 heteroatoms. The number of aromatic nitrogens is 1. The second kappa shape index (κ2) is 12.0. The van der Waals surface area contributed by atoms with Crippen LogP contribution >= 0.6 is 0 Å². The van der Waals surface area contributed by atoms with E-state index >= 15 is 0 Å². The molecule has 2 aromatic carbocycles. The fraction of sp³-hybridized carbons (Fsp3) is 0.366. The summed E-state index contributed by atoms with van der Waals surface area (Å²) < 4.78 is 9.15. The summed E-state index contributed by atoms with van der Waals surface area (Å²) in [5.74, 6) is 1.01. The Morgan fingerprint density at radius 3 is 2.27 bits per heavy atom. The minimum atomic E-state index is -0.0702. The lowest BCUT2D eigenvalue weighted by Gasteiger charge is -2.26. The monoisotopic (exact) mass is 598 g/mol. The Hall–Kier alpha value is -4.18. The van der Waals surface area contributed by atoms with Crippen LogP contribution in [0.5, 0.6) is 0 Å². The molecule has 3 aliphatic rings. The molecule has 0 bridgehead atoms. The summed E-state index contributed by atoms with van der Waals surface area (Å²) in [6.07, 6.45) is 14.9. The van der Waals surface area contributed by atoms with Crippen molar-refractivity contribution in [3.63, 3.8) is 0 Å². The van der Waals surface area contributed by atoms with Crippen LogP contribution in [-0.2, 0) is 22.2 Å². The number of aryl methyl sites for hydroxylation is 2. The summed E-state index contributed by atoms with van der Waals surface area (Å²) in [6, 6.07) is 17.8. The van der Waals surface area contributed by atoms with E-state index in [4.69, 9.17) is 4.74 Å². The zero-order valence-corrected chi connectivity index (χ0v) is 28.4. The van der Waals surface area contributed by atoms with Gasteiger partial charge < -0.3 is 9.64 Å². The number of ether oxygens (including phenoxy) is 1. The Morgan fingerprint density at radius 2 is 1.56 bits per heavy atom. The number of hydrogen-bond donors (Lipinski definition) is 0. The van der Waals surface area contributed by atoms with Gasteiger partial charge in [0.1, 0.15) is 18.9 Å². The Balaban J connectivity index is 1.39. The first kappa shape index (κ1) is 30.8. The predicted octanol–water partition coefficient (Wildman–Crippen LogP) is 9.54. The average molecular weight is 599 g/mol. The normalized spacial score (nSPS) is 20.2. The van der Waals surface area contributed by atoms with E-state index in [-0.39, 0.29) is 10.8 Å². The van der Waals surface area contributed by atoms with Crippen LogP contribution in [0.2, 0.25) is 0 Å². The highest BCUT2D eigenvalue weighted by Gasteiger charge is 2.44. The maximum atomic E-state index is 6.68. The number of fused-ring (bicyclic) bond motifs is 2. The SMILES string of the molecule is CCN1/C(=C/C=C2\CCC(/C=C/C3=[N+](CC)c4ccc(C)cc4C3(C)C)=C2OCc2ccncc2)C(C)(C)c2cc(C)ccc21. The van der Waals surface area contributed by atoms with Gasteiger partial charge in [0.2, 0.25) is 5.69 Å². The number of benzene rings is 2. The number of allylic oxidation sites excluding steroid dienone is 7. The highest BCUT2D eigenvalue weighted by atomic mass is 16.5. The van der Waals surface area contributed by atoms with Gasteiger partial charge >= 0.3 is 0 Å². The summed E-state index contributed by atoms with van der Waals surface area (Å²) in [5, 5.41) is 0. The molecule has 2 aliphatic heterocycles. The molecule has 0 saturated carbocycles. The van der Waals surface area contributed by atoms with Gasteiger partial charge in [-0.05, 0) is 113 Å². The Kier molecular flexibility index (Phi) is 8.20. The fourth-order valence-corrected chi connectivity index (χ4v) is 7.46. The van der Waals surface area contributed by atoms with E-state index in [9.17, 15) is 0 Å². The van der Waals surface area contributed by atoms with Crippen LogP contribution in [0, 0.1) is 13.8 Å². The van der Waals surface area contributed by atoms with Crippen molar-refractivity contribution >= 4 is 17.1 Å². The van der Waals surface area contributed by atoms with Crippen molar-refractivity contribution < 1.29 is 9.31 Å². The molecule has 45 heavy (non-hydrogen) atoms. The molecule has 0 fully saturated rings. The van der Waals surface area contributed by atoms with E-state index in [0.29, 0.717) is 6.61 Å². The van der Waals surface area contributed by atoms with E-state index in [1.807, 2.05) is 24.5 Å². The van der Waals surface area contributed by atoms with Gasteiger partial charge in [0.15, 0.2) is 5.71 Å². The van der Waals surface area contributed by atoms with Crippen LogP contribution in [0.4, 0.5) is 11.4 Å². The molecule has 4 nitrogen and oxygen atoms in total. The number of likely N-dealkylation sites (N-methyl/N-ethyl adjacent to an activating group) is 1. The number of nitrogens with zero attached hydrogens (tertiary/aromatic N) is 3. The fourth-order valence-electron chi connectivity index (χ4n) is 7.46. The standard InChI is InChI=1S/C41H48N3O/c1-9-43-35-17-11-28(3)25-33(35)40(5,6)37(43)19-15-31-13-14-32(39(31)45-27-30-21-23-42-24-22-30)16-20-38-41(7,8)34-26-29(4)12-18-36(34)44(38)10-2/h11-12,15-26H,9-10,13-14,27H2,1-8H3/q+1. The van der Waals surface area contributed by atoms with E-state index < -0.39 is 0 Å². The molecular formula is C41H48N3O+. The molecule has 3 aromatic rings. The van der Waals surface area contributed by atoms with Crippen molar-refractivity contribution in [2.24, 2.45) is 0 Å². The molecule has 1 aromatic heterocycles. The maximum Gasteiger partial charge on any atom is 0.209 e. The first-order chi connectivity index (χ1) is 21.6. The topological polar surface area (TPSA) is 28.4 Å². The van der Waals surface area contributed by atoms with Gasteiger partial charge in [0.05, 0.1) is 5.41 Å². The Labute approximate surface area is 270 Å². The molecule has 0 N–H and O–H groups in total. The number of rotatable bonds is 8. The van der Waals surface area contributed by atoms with Gasteiger partial charge in [-0.25, -0.2) is 0 Å². The van der Waals surface area contributed by atoms with Gasteiger partial charge in [0, 0.05) is 53.4 Å². The van der Waals surface area contributed by atoms with Crippen LogP contribution in [-0.4, -0.2) is 28.4 Å². The van der Waals surface area contributed by atoms with Crippen LogP contribution in [0.1, 0.15) is 82.2 Å². The third-order valence-electron chi connectivity index (χ3n) is 9.99. The van der Waals surface area contributed by atoms with Gasteiger partial charge in [-0.3, -0.25) is 4.98 Å². The zero-order valence-electron chi connectivity index (χ0n) is 28.4. The largest absolute Gasteiger partial charge is 0.488 e. The lowest BCUT2D eigenvalue weighted by atomic mass is 9.80. The van der Waals surface area contributed by atoms with Crippen molar-refractivity contribution in [1.29, 1.82) is 0 Å². The predicted molar refractivity (Wildman–Crippen MR) is 187 cm³/mol. The Morgan fingerprint density at radius 1 is 0.844 bits per heavy atom. The van der Waals surface area contributed by atoms with Crippen molar-refractivity contribution in [3.8, 4) is 0 Å². The van der Waals surface area contributed by atoms with E-state index in [2.05, 4.69) is 131 Å². The molecule has 0 atom stereocenters. The molecule has 0 unspecified atom stereocenters. The van der Waals surface area contributed by atoms with Crippen molar-refractivity contribution in [1.82, 2.24) is 4.98 Å². The van der Waals surface area contributed by atoms with Gasteiger partial charge in [-0.1, -0.05) is 49.2 Å². The summed E-state index contributed by atoms with van der Waals surface area (Å²) in [7, 11) is 0. The summed E-state index contributed by atoms with van der Waals surface area (Å²) >= 11 is 0. The molecule has 6 rings (SSSR count). The maximum absolute atomic E-state index is 6.68. The zero-order chi connectivity index (χ0) is 31.9. The molecule has 1 aliphatic carbocycles. The van der Waals surface area contributed by atoms with Gasteiger partial charge in [-0.2, -0.15) is 4.58 Å². The first-order valence-electron chi connectivity index (χ1n) is 16.6. The van der Waals surface area contributed by atoms with E-state index in [0.717, 1.165) is 37.3 Å². The van der Waals surface area contributed by atoms with E-state index in [1.54, 1.807) is 0 Å². The van der Waals surface area contributed by atoms with Crippen LogP contribution < -0.4 is 4.90 Å². The highest BCUT2D eigenvalue weighted by molar-refractivity contribution is 6.03. The summed E-state index contributed by atoms with van der Waals surface area (Å²) in [4.78, 5) is 6.67. The van der Waals surface area contributed by atoms with Crippen molar-refractivity contribution in [2.75, 3.05) is 18.0 Å². The highest BCUT2D eigenvalue weighted by Crippen LogP contribution is 2.48. The van der Waals surface area contributed by atoms with E-state index in [1.165, 1.54) is 56.2 Å². The molecule has 0 saturated heterocycles. The average Bonchev–Trinajstić information content (AvgIpc) is 3.58. The molecule has 0 amide bonds. The summed E-state index contributed by atoms with van der Waals surface area (Å²) in [6.45, 7) is 20.7. The molecule has 0 radical (unpaired) electrons. The molecule has 232 valence electrons. The molecule has 3 heterocycles. The number of anilines is 1. The van der Waals surface area contributed by atoms with Gasteiger partial charge in [0.25, 0.3) is 0 Å². The van der Waals surface area contributed by atoms with Crippen LogP contribution in [0.25, 0.3) is 0 Å². The third kappa shape index (κ3) is 5.49. The third-order valence-corrected chi connectivity index (χ3v) is 9.99. The van der Waals surface area contributed by atoms with Gasteiger partial charge in [-0.15, -0.1) is 0 Å².